The van der Waals surface area contributed by atoms with E-state index in [1.54, 1.807) is 0 Å². The van der Waals surface area contributed by atoms with E-state index in [2.05, 4.69) is 11.8 Å². The third kappa shape index (κ3) is 4.64. The summed E-state index contributed by atoms with van der Waals surface area (Å²) in [6.07, 6.45) is 1.04. The third-order valence-corrected chi connectivity index (χ3v) is 2.94. The predicted molar refractivity (Wildman–Crippen MR) is 70.9 cm³/mol. The normalized spacial score (nSPS) is 18.1. The Bertz CT molecular complexity index is 473. The molecule has 0 bridgehead atoms. The molecule has 0 spiro atoms. The van der Waals surface area contributed by atoms with Gasteiger partial charge in [-0.3, -0.25) is 0 Å². The number of benzene rings is 1. The predicted octanol–water partition coefficient (Wildman–Crippen LogP) is 1.69. The molecule has 0 amide bonds. The summed E-state index contributed by atoms with van der Waals surface area (Å²) >= 11 is 0. The Morgan fingerprint density at radius 3 is 3.05 bits per heavy atom. The molecule has 0 radical (unpaired) electrons. The van der Waals surface area contributed by atoms with Crippen LogP contribution in [0.4, 0.5) is 4.39 Å². The smallest absolute Gasteiger partial charge is 0.124 e. The zero-order valence-electron chi connectivity index (χ0n) is 10.8. The highest BCUT2D eigenvalue weighted by Gasteiger charge is 2.15. The van der Waals surface area contributed by atoms with E-state index in [1.165, 1.54) is 12.1 Å². The van der Waals surface area contributed by atoms with Crippen molar-refractivity contribution < 1.29 is 13.9 Å². The minimum absolute atomic E-state index is 0.268. The molecule has 4 heteroatoms. The van der Waals surface area contributed by atoms with E-state index in [4.69, 9.17) is 15.2 Å². The highest BCUT2D eigenvalue weighted by atomic mass is 19.1. The molecule has 1 atom stereocenters. The lowest BCUT2D eigenvalue weighted by molar-refractivity contribution is 0.0790. The van der Waals surface area contributed by atoms with Gasteiger partial charge in [-0.2, -0.15) is 0 Å². The molecule has 2 N–H and O–H groups in total. The van der Waals surface area contributed by atoms with Crippen LogP contribution in [0.25, 0.3) is 0 Å². The van der Waals surface area contributed by atoms with Gasteiger partial charge in [-0.1, -0.05) is 11.8 Å². The first kappa shape index (κ1) is 14.0. The van der Waals surface area contributed by atoms with Crippen molar-refractivity contribution in [1.82, 2.24) is 0 Å². The molecule has 1 aromatic carbocycles. The number of nitrogens with two attached hydrogens (primary N) is 1. The second kappa shape index (κ2) is 7.25. The van der Waals surface area contributed by atoms with Crippen LogP contribution in [-0.2, 0) is 16.1 Å². The van der Waals surface area contributed by atoms with Crippen molar-refractivity contribution in [3.63, 3.8) is 0 Å². The fraction of sp³-hybridized carbons (Fsp3) is 0.467. The van der Waals surface area contributed by atoms with E-state index in [-0.39, 0.29) is 12.4 Å². The molecule has 1 saturated heterocycles. The summed E-state index contributed by atoms with van der Waals surface area (Å²) in [5.41, 5.74) is 6.72. The number of rotatable bonds is 4. The van der Waals surface area contributed by atoms with Crippen molar-refractivity contribution in [2.45, 2.75) is 13.0 Å². The number of hydrogen-bond acceptors (Lipinski definition) is 3. The zero-order chi connectivity index (χ0) is 13.5. The second-order valence-corrected chi connectivity index (χ2v) is 4.60. The molecule has 1 aliphatic heterocycles. The van der Waals surface area contributed by atoms with Crippen LogP contribution in [0.15, 0.2) is 18.2 Å². The van der Waals surface area contributed by atoms with Crippen molar-refractivity contribution in [2.24, 2.45) is 11.7 Å². The molecule has 102 valence electrons. The number of halogens is 1. The largest absolute Gasteiger partial charge is 0.381 e. The summed E-state index contributed by atoms with van der Waals surface area (Å²) in [4.78, 5) is 0. The van der Waals surface area contributed by atoms with E-state index in [9.17, 15) is 4.39 Å². The molecular weight excluding hydrogens is 245 g/mol. The molecule has 19 heavy (non-hydrogen) atoms. The van der Waals surface area contributed by atoms with Crippen LogP contribution in [0.5, 0.6) is 0 Å². The quantitative estimate of drug-likeness (QED) is 0.841. The molecule has 0 aliphatic carbocycles. The van der Waals surface area contributed by atoms with Crippen LogP contribution in [0.1, 0.15) is 17.5 Å². The monoisotopic (exact) mass is 263 g/mol. The topological polar surface area (TPSA) is 44.5 Å². The van der Waals surface area contributed by atoms with Crippen molar-refractivity contribution in [1.29, 1.82) is 0 Å². The molecule has 1 aliphatic rings. The fourth-order valence-electron chi connectivity index (χ4n) is 2.02. The second-order valence-electron chi connectivity index (χ2n) is 4.60. The van der Waals surface area contributed by atoms with Crippen LogP contribution in [0.3, 0.4) is 0 Å². The number of hydrogen-bond donors (Lipinski definition) is 1. The summed E-state index contributed by atoms with van der Waals surface area (Å²) in [6.45, 7) is 2.89. The Labute approximate surface area is 112 Å². The van der Waals surface area contributed by atoms with Gasteiger partial charge in [0, 0.05) is 18.1 Å². The maximum absolute atomic E-state index is 13.4. The molecule has 3 nitrogen and oxygen atoms in total. The Kier molecular flexibility index (Phi) is 5.34. The summed E-state index contributed by atoms with van der Waals surface area (Å²) in [6, 6.07) is 4.70. The van der Waals surface area contributed by atoms with Crippen molar-refractivity contribution in [3.05, 3.63) is 35.1 Å². The molecule has 0 saturated carbocycles. The van der Waals surface area contributed by atoms with E-state index in [0.717, 1.165) is 25.2 Å². The van der Waals surface area contributed by atoms with Crippen LogP contribution in [0, 0.1) is 23.6 Å². The van der Waals surface area contributed by atoms with Gasteiger partial charge in [0.15, 0.2) is 0 Å². The molecule has 1 heterocycles. The van der Waals surface area contributed by atoms with Gasteiger partial charge in [0.05, 0.1) is 26.4 Å². The lowest BCUT2D eigenvalue weighted by atomic mass is 10.1. The van der Waals surface area contributed by atoms with E-state index in [1.807, 2.05) is 6.07 Å². The SMILES string of the molecule is NCC#Cc1cc(F)cc(COCC2CCOC2)c1. The third-order valence-electron chi connectivity index (χ3n) is 2.94. The van der Waals surface area contributed by atoms with Gasteiger partial charge in [-0.25, -0.2) is 4.39 Å². The standard InChI is InChI=1S/C15H18FNO2/c16-15-7-12(2-1-4-17)6-14(8-15)11-19-10-13-3-5-18-9-13/h6-8,13H,3-5,9-11,17H2. The molecule has 1 fully saturated rings. The first-order valence-corrected chi connectivity index (χ1v) is 6.42. The van der Waals surface area contributed by atoms with Crippen molar-refractivity contribution >= 4 is 0 Å². The van der Waals surface area contributed by atoms with E-state index in [0.29, 0.717) is 24.7 Å². The highest BCUT2D eigenvalue weighted by molar-refractivity contribution is 5.37. The summed E-state index contributed by atoms with van der Waals surface area (Å²) in [5, 5.41) is 0. The average Bonchev–Trinajstić information content (AvgIpc) is 2.89. The van der Waals surface area contributed by atoms with Gasteiger partial charge in [0.1, 0.15) is 5.82 Å². The Morgan fingerprint density at radius 2 is 2.32 bits per heavy atom. The van der Waals surface area contributed by atoms with Gasteiger partial charge in [0.25, 0.3) is 0 Å². The van der Waals surface area contributed by atoms with Crippen molar-refractivity contribution in [3.8, 4) is 11.8 Å². The van der Waals surface area contributed by atoms with Gasteiger partial charge < -0.3 is 15.2 Å². The maximum atomic E-state index is 13.4. The highest BCUT2D eigenvalue weighted by Crippen LogP contribution is 2.14. The fourth-order valence-corrected chi connectivity index (χ4v) is 2.02. The molecular formula is C15H18FNO2. The summed E-state index contributed by atoms with van der Waals surface area (Å²) in [5.74, 6) is 5.70. The van der Waals surface area contributed by atoms with Gasteiger partial charge in [-0.05, 0) is 30.2 Å². The van der Waals surface area contributed by atoms with Crippen LogP contribution < -0.4 is 5.73 Å². The molecule has 1 unspecified atom stereocenters. The maximum Gasteiger partial charge on any atom is 0.124 e. The summed E-state index contributed by atoms with van der Waals surface area (Å²) < 4.78 is 24.3. The number of ether oxygens (including phenoxy) is 2. The first-order valence-electron chi connectivity index (χ1n) is 6.42. The Hall–Kier alpha value is -1.41. The van der Waals surface area contributed by atoms with Crippen LogP contribution in [0.2, 0.25) is 0 Å². The van der Waals surface area contributed by atoms with Gasteiger partial charge >= 0.3 is 0 Å². The Morgan fingerprint density at radius 1 is 1.42 bits per heavy atom. The Balaban J connectivity index is 1.89. The molecule has 1 aromatic rings. The van der Waals surface area contributed by atoms with Crippen molar-refractivity contribution in [2.75, 3.05) is 26.4 Å². The zero-order valence-corrected chi connectivity index (χ0v) is 10.8. The van der Waals surface area contributed by atoms with E-state index >= 15 is 0 Å². The lowest BCUT2D eigenvalue weighted by Gasteiger charge is -2.09. The van der Waals surface area contributed by atoms with Crippen LogP contribution in [-0.4, -0.2) is 26.4 Å². The minimum Gasteiger partial charge on any atom is -0.381 e. The molecule has 0 aromatic heterocycles. The average molecular weight is 263 g/mol. The van der Waals surface area contributed by atoms with Gasteiger partial charge in [0.2, 0.25) is 0 Å². The first-order chi connectivity index (χ1) is 9.28. The van der Waals surface area contributed by atoms with E-state index < -0.39 is 0 Å². The van der Waals surface area contributed by atoms with Gasteiger partial charge in [-0.15, -0.1) is 0 Å². The lowest BCUT2D eigenvalue weighted by Crippen LogP contribution is -2.09. The minimum atomic E-state index is -0.299. The summed E-state index contributed by atoms with van der Waals surface area (Å²) in [7, 11) is 0. The molecule has 2 rings (SSSR count). The van der Waals surface area contributed by atoms with Crippen LogP contribution >= 0.6 is 0 Å².